The first-order valence-corrected chi connectivity index (χ1v) is 8.16. The van der Waals surface area contributed by atoms with Crippen molar-refractivity contribution >= 4 is 55.1 Å². The maximum Gasteiger partial charge on any atom is 0.0849 e. The van der Waals surface area contributed by atoms with E-state index in [0.717, 1.165) is 25.6 Å². The molecule has 0 saturated heterocycles. The summed E-state index contributed by atoms with van der Waals surface area (Å²) in [6.45, 7) is 4.09. The zero-order valence-corrected chi connectivity index (χ0v) is 15.2. The van der Waals surface area contributed by atoms with E-state index < -0.39 is 0 Å². The molecule has 0 aliphatic carbocycles. The van der Waals surface area contributed by atoms with E-state index >= 15 is 0 Å². The molecular weight excluding hydrogens is 411 g/mol. The Kier molecular flexibility index (Phi) is 4.99. The van der Waals surface area contributed by atoms with Crippen LogP contribution in [0.1, 0.15) is 27.6 Å². The van der Waals surface area contributed by atoms with Gasteiger partial charge in [0, 0.05) is 14.0 Å². The molecule has 0 radical (unpaired) electrons. The van der Waals surface area contributed by atoms with E-state index in [1.54, 1.807) is 0 Å². The van der Waals surface area contributed by atoms with E-state index in [-0.39, 0.29) is 5.38 Å². The van der Waals surface area contributed by atoms with E-state index in [4.69, 9.17) is 23.2 Å². The van der Waals surface area contributed by atoms with E-state index in [1.165, 1.54) is 5.56 Å². The molecule has 100 valence electrons. The highest BCUT2D eigenvalue weighted by Gasteiger charge is 2.17. The summed E-state index contributed by atoms with van der Waals surface area (Å²) >= 11 is 19.8. The van der Waals surface area contributed by atoms with Gasteiger partial charge in [-0.1, -0.05) is 49.5 Å². The molecule has 0 aromatic heterocycles. The molecule has 2 aromatic rings. The number of benzene rings is 2. The fourth-order valence-corrected chi connectivity index (χ4v) is 3.68. The molecule has 0 aliphatic rings. The summed E-state index contributed by atoms with van der Waals surface area (Å²) < 4.78 is 2.06. The zero-order chi connectivity index (χ0) is 14.2. The summed E-state index contributed by atoms with van der Waals surface area (Å²) in [5, 5.41) is 0.471. The van der Waals surface area contributed by atoms with Gasteiger partial charge in [-0.15, -0.1) is 11.6 Å². The van der Waals surface area contributed by atoms with Crippen LogP contribution in [-0.4, -0.2) is 0 Å². The number of halogens is 4. The normalized spacial score (nSPS) is 12.5. The van der Waals surface area contributed by atoms with Crippen LogP contribution in [0.25, 0.3) is 0 Å². The van der Waals surface area contributed by atoms with Crippen molar-refractivity contribution in [3.8, 4) is 0 Å². The molecule has 2 aromatic carbocycles. The first kappa shape index (κ1) is 15.4. The van der Waals surface area contributed by atoms with Crippen molar-refractivity contribution < 1.29 is 0 Å². The Morgan fingerprint density at radius 1 is 0.895 bits per heavy atom. The van der Waals surface area contributed by atoms with Gasteiger partial charge in [-0.3, -0.25) is 0 Å². The number of aryl methyl sites for hydroxylation is 2. The van der Waals surface area contributed by atoms with Crippen LogP contribution in [0.3, 0.4) is 0 Å². The molecule has 19 heavy (non-hydrogen) atoms. The summed E-state index contributed by atoms with van der Waals surface area (Å²) in [5.41, 5.74) is 4.37. The zero-order valence-electron chi connectivity index (χ0n) is 10.5. The van der Waals surface area contributed by atoms with Crippen LogP contribution in [0.2, 0.25) is 5.02 Å². The molecule has 0 aliphatic heterocycles. The van der Waals surface area contributed by atoms with Crippen molar-refractivity contribution in [1.29, 1.82) is 0 Å². The lowest BCUT2D eigenvalue weighted by atomic mass is 9.99. The minimum atomic E-state index is -0.232. The average molecular weight is 423 g/mol. The quantitative estimate of drug-likeness (QED) is 0.466. The molecule has 1 atom stereocenters. The van der Waals surface area contributed by atoms with Gasteiger partial charge in [0.15, 0.2) is 0 Å². The van der Waals surface area contributed by atoms with Gasteiger partial charge in [0.1, 0.15) is 0 Å². The summed E-state index contributed by atoms with van der Waals surface area (Å²) in [4.78, 5) is 0. The summed E-state index contributed by atoms with van der Waals surface area (Å²) in [7, 11) is 0. The highest BCUT2D eigenvalue weighted by atomic mass is 79.9. The fraction of sp³-hybridized carbons (Fsp3) is 0.200. The smallest absolute Gasteiger partial charge is 0.0849 e. The lowest BCUT2D eigenvalue weighted by Gasteiger charge is -2.16. The second kappa shape index (κ2) is 6.17. The van der Waals surface area contributed by atoms with E-state index in [2.05, 4.69) is 44.0 Å². The molecule has 1 unspecified atom stereocenters. The van der Waals surface area contributed by atoms with Crippen molar-refractivity contribution in [3.05, 3.63) is 66.6 Å². The highest BCUT2D eigenvalue weighted by Crippen LogP contribution is 2.38. The van der Waals surface area contributed by atoms with Gasteiger partial charge in [-0.05, 0) is 60.4 Å². The summed E-state index contributed by atoms with van der Waals surface area (Å²) in [5.74, 6) is 0. The SMILES string of the molecule is Cc1cc(Br)c(C(Cl)c2cc(Cl)ccc2C)cc1Br. The Bertz CT molecular complexity index is 624. The van der Waals surface area contributed by atoms with Crippen LogP contribution in [-0.2, 0) is 0 Å². The lowest BCUT2D eigenvalue weighted by molar-refractivity contribution is 1.09. The lowest BCUT2D eigenvalue weighted by Crippen LogP contribution is -1.98. The molecular formula is C15H12Br2Cl2. The predicted octanol–water partition coefficient (Wildman–Crippen LogP) is 6.81. The summed E-state index contributed by atoms with van der Waals surface area (Å²) in [6.07, 6.45) is 0. The van der Waals surface area contributed by atoms with Crippen molar-refractivity contribution in [2.24, 2.45) is 0 Å². The largest absolute Gasteiger partial charge is 0.113 e. The minimum absolute atomic E-state index is 0.232. The van der Waals surface area contributed by atoms with Gasteiger partial charge in [-0.25, -0.2) is 0 Å². The molecule has 0 heterocycles. The Balaban J connectivity index is 2.52. The van der Waals surface area contributed by atoms with Crippen LogP contribution >= 0.6 is 55.1 Å². The maximum atomic E-state index is 6.63. The molecule has 0 spiro atoms. The standard InChI is InChI=1S/C15H12Br2Cl2/c1-8-3-4-10(18)6-11(8)15(19)12-7-13(16)9(2)5-14(12)17/h3-7,15H,1-2H3. The Hall–Kier alpha value is -0.0200. The Labute approximate surface area is 140 Å². The van der Waals surface area contributed by atoms with Crippen LogP contribution in [0, 0.1) is 13.8 Å². The number of hydrogen-bond acceptors (Lipinski definition) is 0. The second-order valence-corrected chi connectivity index (χ2v) is 7.07. The van der Waals surface area contributed by atoms with Gasteiger partial charge in [0.05, 0.1) is 5.38 Å². The Morgan fingerprint density at radius 3 is 2.26 bits per heavy atom. The topological polar surface area (TPSA) is 0 Å². The van der Waals surface area contributed by atoms with Crippen molar-refractivity contribution in [2.45, 2.75) is 19.2 Å². The average Bonchev–Trinajstić information content (AvgIpc) is 2.36. The van der Waals surface area contributed by atoms with E-state index in [1.807, 2.05) is 32.0 Å². The van der Waals surface area contributed by atoms with Crippen LogP contribution in [0.15, 0.2) is 39.3 Å². The van der Waals surface area contributed by atoms with Crippen LogP contribution in [0.5, 0.6) is 0 Å². The number of rotatable bonds is 2. The number of hydrogen-bond donors (Lipinski definition) is 0. The molecule has 2 rings (SSSR count). The fourth-order valence-electron chi connectivity index (χ4n) is 1.91. The van der Waals surface area contributed by atoms with Crippen molar-refractivity contribution in [2.75, 3.05) is 0 Å². The van der Waals surface area contributed by atoms with Crippen molar-refractivity contribution in [1.82, 2.24) is 0 Å². The molecule has 0 N–H and O–H groups in total. The van der Waals surface area contributed by atoms with Gasteiger partial charge in [-0.2, -0.15) is 0 Å². The molecule has 0 nitrogen and oxygen atoms in total. The second-order valence-electron chi connectivity index (χ2n) is 4.49. The molecule has 0 fully saturated rings. The third-order valence-electron chi connectivity index (χ3n) is 3.07. The number of alkyl halides is 1. The molecule has 0 bridgehead atoms. The highest BCUT2D eigenvalue weighted by molar-refractivity contribution is 9.11. The van der Waals surface area contributed by atoms with Crippen molar-refractivity contribution in [3.63, 3.8) is 0 Å². The van der Waals surface area contributed by atoms with E-state index in [0.29, 0.717) is 5.02 Å². The van der Waals surface area contributed by atoms with Gasteiger partial charge in [0.2, 0.25) is 0 Å². The molecule has 4 heteroatoms. The Morgan fingerprint density at radius 2 is 1.58 bits per heavy atom. The molecule has 0 amide bonds. The van der Waals surface area contributed by atoms with Crippen LogP contribution in [0.4, 0.5) is 0 Å². The van der Waals surface area contributed by atoms with Crippen LogP contribution < -0.4 is 0 Å². The van der Waals surface area contributed by atoms with Gasteiger partial charge >= 0.3 is 0 Å². The van der Waals surface area contributed by atoms with Gasteiger partial charge in [0.25, 0.3) is 0 Å². The monoisotopic (exact) mass is 420 g/mol. The predicted molar refractivity (Wildman–Crippen MR) is 90.5 cm³/mol. The summed E-state index contributed by atoms with van der Waals surface area (Å²) in [6, 6.07) is 9.91. The molecule has 0 saturated carbocycles. The third-order valence-corrected chi connectivity index (χ3v) is 5.31. The first-order valence-electron chi connectivity index (χ1n) is 5.76. The van der Waals surface area contributed by atoms with Gasteiger partial charge < -0.3 is 0 Å². The van der Waals surface area contributed by atoms with E-state index in [9.17, 15) is 0 Å². The minimum Gasteiger partial charge on any atom is -0.113 e. The maximum absolute atomic E-state index is 6.63. The third kappa shape index (κ3) is 3.36. The first-order chi connectivity index (χ1) is 8.90.